The van der Waals surface area contributed by atoms with Gasteiger partial charge in [-0.25, -0.2) is 9.59 Å². The smallest absolute Gasteiger partial charge is 0.349 e. The van der Waals surface area contributed by atoms with Gasteiger partial charge in [-0.15, -0.1) is 0 Å². The van der Waals surface area contributed by atoms with E-state index in [2.05, 4.69) is 0 Å². The maximum absolute atomic E-state index is 11.5. The Kier molecular flexibility index (Phi) is 6.95. The first-order chi connectivity index (χ1) is 11.4. The van der Waals surface area contributed by atoms with Gasteiger partial charge in [0.05, 0.1) is 0 Å². The molecule has 2 aromatic rings. The van der Waals surface area contributed by atoms with E-state index in [4.69, 9.17) is 9.47 Å². The van der Waals surface area contributed by atoms with Crippen LogP contribution in [0.2, 0.25) is 0 Å². The molecule has 0 aliphatic carbocycles. The lowest BCUT2D eigenvalue weighted by atomic mass is 10.2. The second-order valence-corrected chi connectivity index (χ2v) is 5.38. The number of aliphatic carboxylic acids is 2. The summed E-state index contributed by atoms with van der Waals surface area (Å²) in [5, 5.41) is 18.7. The normalized spacial score (nSPS) is 12.4. The minimum absolute atomic E-state index is 0. The van der Waals surface area contributed by atoms with Crippen LogP contribution in [0.5, 0.6) is 11.5 Å². The Bertz CT molecular complexity index is 644. The number of carboxylic acids is 2. The molecule has 0 aromatic heterocycles. The van der Waals surface area contributed by atoms with E-state index in [0.29, 0.717) is 0 Å². The van der Waals surface area contributed by atoms with Gasteiger partial charge in [0.2, 0.25) is 12.2 Å². The molecule has 25 heavy (non-hydrogen) atoms. The van der Waals surface area contributed by atoms with Crippen molar-refractivity contribution in [2.45, 2.75) is 26.1 Å². The molecule has 0 saturated heterocycles. The molecule has 0 heterocycles. The molecule has 4 N–H and O–H groups in total. The summed E-state index contributed by atoms with van der Waals surface area (Å²) < 4.78 is 10.7. The van der Waals surface area contributed by atoms with Gasteiger partial charge in [-0.1, -0.05) is 35.4 Å². The molecule has 0 aliphatic heterocycles. The predicted octanol–water partition coefficient (Wildman–Crippen LogP) is 1.84. The number of carboxylic acid groups (broad SMARTS) is 2. The van der Waals surface area contributed by atoms with Crippen LogP contribution in [-0.4, -0.2) is 39.8 Å². The molecule has 2 rings (SSSR count). The topological polar surface area (TPSA) is 125 Å². The molecule has 2 atom stereocenters. The molecule has 0 saturated carbocycles. The Morgan fingerprint density at radius 1 is 0.720 bits per heavy atom. The maximum atomic E-state index is 11.5. The number of benzene rings is 2. The second-order valence-electron chi connectivity index (χ2n) is 5.38. The van der Waals surface area contributed by atoms with Gasteiger partial charge in [-0.05, 0) is 38.1 Å². The summed E-state index contributed by atoms with van der Waals surface area (Å²) in [6.07, 6.45) is -3.38. The van der Waals surface area contributed by atoms with E-state index in [9.17, 15) is 19.8 Å². The molecule has 0 fully saturated rings. The first-order valence-corrected chi connectivity index (χ1v) is 7.29. The first-order valence-electron chi connectivity index (χ1n) is 7.29. The van der Waals surface area contributed by atoms with Gasteiger partial charge in [-0.2, -0.15) is 0 Å². The Hall–Kier alpha value is -3.06. The molecule has 0 radical (unpaired) electrons. The molecule has 0 bridgehead atoms. The van der Waals surface area contributed by atoms with E-state index < -0.39 is 24.1 Å². The van der Waals surface area contributed by atoms with Crippen molar-refractivity contribution in [3.05, 3.63) is 59.7 Å². The number of hydrogen-bond donors (Lipinski definition) is 2. The zero-order chi connectivity index (χ0) is 17.7. The molecule has 0 aliphatic rings. The van der Waals surface area contributed by atoms with Crippen molar-refractivity contribution in [3.8, 4) is 11.5 Å². The van der Waals surface area contributed by atoms with Crippen LogP contribution in [0.3, 0.4) is 0 Å². The molecule has 2 unspecified atom stereocenters. The minimum Gasteiger partial charge on any atom is -0.478 e. The highest BCUT2D eigenvalue weighted by Gasteiger charge is 2.38. The van der Waals surface area contributed by atoms with Gasteiger partial charge < -0.3 is 25.2 Å². The van der Waals surface area contributed by atoms with Gasteiger partial charge in [0, 0.05) is 0 Å². The third-order valence-corrected chi connectivity index (χ3v) is 3.33. The summed E-state index contributed by atoms with van der Waals surface area (Å²) in [4.78, 5) is 23.0. The molecule has 0 spiro atoms. The third-order valence-electron chi connectivity index (χ3n) is 3.33. The zero-order valence-electron chi connectivity index (χ0n) is 13.8. The van der Waals surface area contributed by atoms with Gasteiger partial charge >= 0.3 is 11.9 Å². The number of carbonyl (C=O) groups is 2. The fourth-order valence-corrected chi connectivity index (χ4v) is 2.01. The molecular formula is C18H20O7. The standard InChI is InChI=1S/C18H18O6.H2O/c1-11-3-7-13(8-4-11)23-15(17(19)20)16(18(21)22)24-14-9-5-12(2)6-10-14;/h3-10,15-16H,1-2H3,(H,19,20)(H,21,22);1H2. The van der Waals surface area contributed by atoms with Crippen LogP contribution in [0.1, 0.15) is 11.1 Å². The van der Waals surface area contributed by atoms with Crippen molar-refractivity contribution in [3.63, 3.8) is 0 Å². The predicted molar refractivity (Wildman–Crippen MR) is 90.1 cm³/mol. The SMILES string of the molecule is Cc1ccc(OC(C(=O)O)C(Oc2ccc(C)cc2)C(=O)O)cc1.O. The molecule has 2 aromatic carbocycles. The highest BCUT2D eigenvalue weighted by atomic mass is 16.6. The second kappa shape index (κ2) is 8.70. The molecular weight excluding hydrogens is 328 g/mol. The largest absolute Gasteiger partial charge is 0.478 e. The Morgan fingerprint density at radius 2 is 1.00 bits per heavy atom. The highest BCUT2D eigenvalue weighted by Crippen LogP contribution is 2.19. The van der Waals surface area contributed by atoms with E-state index in [-0.39, 0.29) is 17.0 Å². The van der Waals surface area contributed by atoms with E-state index >= 15 is 0 Å². The summed E-state index contributed by atoms with van der Waals surface area (Å²) >= 11 is 0. The van der Waals surface area contributed by atoms with Gasteiger partial charge in [0.15, 0.2) is 0 Å². The van der Waals surface area contributed by atoms with Crippen molar-refractivity contribution in [2.24, 2.45) is 0 Å². The summed E-state index contributed by atoms with van der Waals surface area (Å²) in [5.41, 5.74) is 1.94. The summed E-state index contributed by atoms with van der Waals surface area (Å²) in [7, 11) is 0. The van der Waals surface area contributed by atoms with Crippen molar-refractivity contribution in [2.75, 3.05) is 0 Å². The third kappa shape index (κ3) is 5.50. The zero-order valence-corrected chi connectivity index (χ0v) is 13.8. The van der Waals surface area contributed by atoms with Gasteiger partial charge in [0.25, 0.3) is 0 Å². The van der Waals surface area contributed by atoms with E-state index in [1.54, 1.807) is 48.5 Å². The van der Waals surface area contributed by atoms with Crippen molar-refractivity contribution in [1.82, 2.24) is 0 Å². The quantitative estimate of drug-likeness (QED) is 0.786. The van der Waals surface area contributed by atoms with Gasteiger partial charge in [0.1, 0.15) is 11.5 Å². The highest BCUT2D eigenvalue weighted by molar-refractivity contribution is 5.84. The number of hydrogen-bond acceptors (Lipinski definition) is 4. The Morgan fingerprint density at radius 3 is 1.24 bits per heavy atom. The van der Waals surface area contributed by atoms with Crippen LogP contribution in [0.4, 0.5) is 0 Å². The lowest BCUT2D eigenvalue weighted by Gasteiger charge is -2.22. The van der Waals surface area contributed by atoms with E-state index in [0.717, 1.165) is 11.1 Å². The molecule has 134 valence electrons. The lowest BCUT2D eigenvalue weighted by molar-refractivity contribution is -0.161. The van der Waals surface area contributed by atoms with Crippen LogP contribution in [0, 0.1) is 13.8 Å². The van der Waals surface area contributed by atoms with Crippen LogP contribution in [-0.2, 0) is 9.59 Å². The number of ether oxygens (including phenoxy) is 2. The summed E-state index contributed by atoms with van der Waals surface area (Å²) in [6, 6.07) is 13.3. The molecule has 7 heteroatoms. The van der Waals surface area contributed by atoms with Crippen LogP contribution < -0.4 is 9.47 Å². The fourth-order valence-electron chi connectivity index (χ4n) is 2.01. The maximum Gasteiger partial charge on any atom is 0.349 e. The Labute approximate surface area is 144 Å². The average molecular weight is 348 g/mol. The molecule has 7 nitrogen and oxygen atoms in total. The minimum atomic E-state index is -1.69. The average Bonchev–Trinajstić information content (AvgIpc) is 2.54. The number of rotatable bonds is 7. The van der Waals surface area contributed by atoms with Gasteiger partial charge in [-0.3, -0.25) is 0 Å². The van der Waals surface area contributed by atoms with Crippen LogP contribution in [0.15, 0.2) is 48.5 Å². The first kappa shape index (κ1) is 20.0. The Balaban J connectivity index is 0.00000312. The van der Waals surface area contributed by atoms with E-state index in [1.807, 2.05) is 13.8 Å². The summed E-state index contributed by atoms with van der Waals surface area (Å²) in [6.45, 7) is 3.75. The fraction of sp³-hybridized carbons (Fsp3) is 0.222. The van der Waals surface area contributed by atoms with Crippen molar-refractivity contribution < 1.29 is 34.8 Å². The summed E-state index contributed by atoms with van der Waals surface area (Å²) in [5.74, 6) is -2.33. The number of aryl methyl sites for hydroxylation is 2. The monoisotopic (exact) mass is 348 g/mol. The van der Waals surface area contributed by atoms with Crippen LogP contribution in [0.25, 0.3) is 0 Å². The van der Waals surface area contributed by atoms with Crippen molar-refractivity contribution >= 4 is 11.9 Å². The molecule has 0 amide bonds. The van der Waals surface area contributed by atoms with Crippen molar-refractivity contribution in [1.29, 1.82) is 0 Å². The van der Waals surface area contributed by atoms with Crippen LogP contribution >= 0.6 is 0 Å². The van der Waals surface area contributed by atoms with E-state index in [1.165, 1.54) is 0 Å². The lowest BCUT2D eigenvalue weighted by Crippen LogP contribution is -2.47.